The maximum Gasteiger partial charge on any atom is 0.183 e. The number of aryl methyl sites for hydroxylation is 2. The molecule has 2 rings (SSSR count). The third-order valence-corrected chi connectivity index (χ3v) is 4.19. The molecule has 1 N–H and O–H groups in total. The first-order chi connectivity index (χ1) is 8.24. The monoisotopic (exact) mass is 267 g/mol. The Hall–Kier alpha value is -0.940. The molecule has 0 aliphatic rings. The molecule has 0 spiro atoms. The SMILES string of the molecule is CCCc1nc(C)sc1-c1csc(NCC)n1. The molecule has 0 saturated heterocycles. The van der Waals surface area contributed by atoms with Gasteiger partial charge in [0.1, 0.15) is 0 Å². The topological polar surface area (TPSA) is 37.8 Å². The van der Waals surface area contributed by atoms with Gasteiger partial charge in [-0.1, -0.05) is 13.3 Å². The first-order valence-corrected chi connectivity index (χ1v) is 7.60. The second-order valence-electron chi connectivity index (χ2n) is 3.83. The van der Waals surface area contributed by atoms with Gasteiger partial charge < -0.3 is 5.32 Å². The summed E-state index contributed by atoms with van der Waals surface area (Å²) in [6.07, 6.45) is 2.16. The Kier molecular flexibility index (Phi) is 4.12. The third kappa shape index (κ3) is 2.84. The average Bonchev–Trinajstić information content (AvgIpc) is 2.87. The molecular formula is C12H17N3S2. The highest BCUT2D eigenvalue weighted by molar-refractivity contribution is 7.16. The number of rotatable bonds is 5. The van der Waals surface area contributed by atoms with Gasteiger partial charge in [0.25, 0.3) is 0 Å². The summed E-state index contributed by atoms with van der Waals surface area (Å²) in [6, 6.07) is 0. The van der Waals surface area contributed by atoms with Crippen LogP contribution in [-0.2, 0) is 6.42 Å². The molecule has 0 radical (unpaired) electrons. The van der Waals surface area contributed by atoms with Crippen molar-refractivity contribution < 1.29 is 0 Å². The zero-order valence-electron chi connectivity index (χ0n) is 10.4. The maximum absolute atomic E-state index is 4.60. The minimum atomic E-state index is 0.913. The van der Waals surface area contributed by atoms with Crippen molar-refractivity contribution in [2.24, 2.45) is 0 Å². The number of hydrogen-bond acceptors (Lipinski definition) is 5. The number of nitrogens with one attached hydrogen (secondary N) is 1. The van der Waals surface area contributed by atoms with E-state index in [1.165, 1.54) is 10.6 Å². The number of anilines is 1. The van der Waals surface area contributed by atoms with E-state index in [-0.39, 0.29) is 0 Å². The van der Waals surface area contributed by atoms with Gasteiger partial charge in [0.05, 0.1) is 21.3 Å². The summed E-state index contributed by atoms with van der Waals surface area (Å²) in [5.41, 5.74) is 2.27. The standard InChI is InChI=1S/C12H17N3S2/c1-4-6-9-11(17-8(3)14-9)10-7-16-12(15-10)13-5-2/h7H,4-6H2,1-3H3,(H,13,15). The van der Waals surface area contributed by atoms with Crippen molar-refractivity contribution in [2.45, 2.75) is 33.6 Å². The van der Waals surface area contributed by atoms with E-state index in [2.05, 4.69) is 41.4 Å². The highest BCUT2D eigenvalue weighted by Crippen LogP contribution is 2.32. The van der Waals surface area contributed by atoms with Crippen LogP contribution in [0.2, 0.25) is 0 Å². The lowest BCUT2D eigenvalue weighted by Crippen LogP contribution is -1.95. The van der Waals surface area contributed by atoms with Gasteiger partial charge in [-0.25, -0.2) is 9.97 Å². The van der Waals surface area contributed by atoms with Gasteiger partial charge in [-0.15, -0.1) is 22.7 Å². The molecule has 0 saturated carbocycles. The molecule has 2 aromatic rings. The summed E-state index contributed by atoms with van der Waals surface area (Å²) in [5.74, 6) is 0. The smallest absolute Gasteiger partial charge is 0.183 e. The van der Waals surface area contributed by atoms with Crippen LogP contribution in [0.1, 0.15) is 31.0 Å². The Morgan fingerprint density at radius 2 is 2.12 bits per heavy atom. The summed E-state index contributed by atoms with van der Waals surface area (Å²) >= 11 is 3.41. The van der Waals surface area contributed by atoms with Gasteiger partial charge in [0, 0.05) is 11.9 Å². The molecule has 3 nitrogen and oxygen atoms in total. The molecule has 0 aliphatic heterocycles. The van der Waals surface area contributed by atoms with Gasteiger partial charge in [0.15, 0.2) is 5.13 Å². The van der Waals surface area contributed by atoms with Crippen LogP contribution in [0, 0.1) is 6.92 Å². The Balaban J connectivity index is 2.30. The van der Waals surface area contributed by atoms with Crippen LogP contribution in [0.4, 0.5) is 5.13 Å². The molecule has 2 aromatic heterocycles. The molecule has 0 atom stereocenters. The molecule has 2 heterocycles. The number of hydrogen-bond donors (Lipinski definition) is 1. The first kappa shape index (κ1) is 12.5. The third-order valence-electron chi connectivity index (χ3n) is 2.36. The molecule has 0 unspecified atom stereocenters. The molecule has 0 aromatic carbocycles. The highest BCUT2D eigenvalue weighted by Gasteiger charge is 2.13. The van der Waals surface area contributed by atoms with E-state index in [4.69, 9.17) is 0 Å². The number of aromatic nitrogens is 2. The normalized spacial score (nSPS) is 10.8. The summed E-state index contributed by atoms with van der Waals surface area (Å²) in [5, 5.41) is 7.49. The number of nitrogens with zero attached hydrogens (tertiary/aromatic N) is 2. The lowest BCUT2D eigenvalue weighted by molar-refractivity contribution is 0.889. The fraction of sp³-hybridized carbons (Fsp3) is 0.500. The van der Waals surface area contributed by atoms with Gasteiger partial charge in [0.2, 0.25) is 0 Å². The maximum atomic E-state index is 4.60. The van der Waals surface area contributed by atoms with E-state index in [0.29, 0.717) is 0 Å². The van der Waals surface area contributed by atoms with E-state index >= 15 is 0 Å². The molecule has 92 valence electrons. The Bertz CT molecular complexity index is 488. The predicted molar refractivity (Wildman–Crippen MR) is 76.1 cm³/mol. The van der Waals surface area contributed by atoms with Crippen molar-refractivity contribution in [3.8, 4) is 10.6 Å². The molecule has 5 heteroatoms. The van der Waals surface area contributed by atoms with Crippen molar-refractivity contribution in [3.63, 3.8) is 0 Å². The summed E-state index contributed by atoms with van der Waals surface area (Å²) in [6.45, 7) is 7.24. The molecule has 17 heavy (non-hydrogen) atoms. The Morgan fingerprint density at radius 3 is 2.82 bits per heavy atom. The van der Waals surface area contributed by atoms with Crippen LogP contribution >= 0.6 is 22.7 Å². The summed E-state index contributed by atoms with van der Waals surface area (Å²) < 4.78 is 0. The van der Waals surface area contributed by atoms with Crippen molar-refractivity contribution in [2.75, 3.05) is 11.9 Å². The van der Waals surface area contributed by atoms with E-state index in [1.54, 1.807) is 22.7 Å². The molecular weight excluding hydrogens is 250 g/mol. The van der Waals surface area contributed by atoms with Crippen LogP contribution < -0.4 is 5.32 Å². The number of thiazole rings is 2. The Morgan fingerprint density at radius 1 is 1.29 bits per heavy atom. The van der Waals surface area contributed by atoms with Crippen LogP contribution in [0.3, 0.4) is 0 Å². The molecule has 0 aliphatic carbocycles. The average molecular weight is 267 g/mol. The second kappa shape index (κ2) is 5.60. The van der Waals surface area contributed by atoms with Crippen LogP contribution in [0.15, 0.2) is 5.38 Å². The van der Waals surface area contributed by atoms with E-state index in [1.807, 2.05) is 0 Å². The lowest BCUT2D eigenvalue weighted by atomic mass is 10.2. The second-order valence-corrected chi connectivity index (χ2v) is 5.89. The van der Waals surface area contributed by atoms with Crippen LogP contribution in [0.5, 0.6) is 0 Å². The predicted octanol–water partition coefficient (Wildman–Crippen LogP) is 3.96. The lowest BCUT2D eigenvalue weighted by Gasteiger charge is -1.97. The van der Waals surface area contributed by atoms with Gasteiger partial charge in [-0.05, 0) is 20.3 Å². The summed E-state index contributed by atoms with van der Waals surface area (Å²) in [7, 11) is 0. The zero-order chi connectivity index (χ0) is 12.3. The van der Waals surface area contributed by atoms with E-state index < -0.39 is 0 Å². The quantitative estimate of drug-likeness (QED) is 0.891. The van der Waals surface area contributed by atoms with Crippen LogP contribution in [-0.4, -0.2) is 16.5 Å². The van der Waals surface area contributed by atoms with E-state index in [9.17, 15) is 0 Å². The van der Waals surface area contributed by atoms with Crippen molar-refractivity contribution in [3.05, 3.63) is 16.1 Å². The fourth-order valence-electron chi connectivity index (χ4n) is 1.69. The molecule has 0 fully saturated rings. The first-order valence-electron chi connectivity index (χ1n) is 5.90. The van der Waals surface area contributed by atoms with E-state index in [0.717, 1.165) is 35.2 Å². The minimum absolute atomic E-state index is 0.913. The molecule has 0 bridgehead atoms. The van der Waals surface area contributed by atoms with Crippen molar-refractivity contribution >= 4 is 27.8 Å². The summed E-state index contributed by atoms with van der Waals surface area (Å²) in [4.78, 5) is 10.4. The van der Waals surface area contributed by atoms with Gasteiger partial charge in [-0.3, -0.25) is 0 Å². The zero-order valence-corrected chi connectivity index (χ0v) is 12.0. The van der Waals surface area contributed by atoms with Crippen LogP contribution in [0.25, 0.3) is 10.6 Å². The van der Waals surface area contributed by atoms with Crippen molar-refractivity contribution in [1.82, 2.24) is 9.97 Å². The fourth-order valence-corrected chi connectivity index (χ4v) is 3.46. The Labute approximate surface area is 110 Å². The van der Waals surface area contributed by atoms with Gasteiger partial charge in [-0.2, -0.15) is 0 Å². The largest absolute Gasteiger partial charge is 0.362 e. The molecule has 0 amide bonds. The minimum Gasteiger partial charge on any atom is -0.362 e. The van der Waals surface area contributed by atoms with Crippen molar-refractivity contribution in [1.29, 1.82) is 0 Å². The van der Waals surface area contributed by atoms with Gasteiger partial charge >= 0.3 is 0 Å². The highest BCUT2D eigenvalue weighted by atomic mass is 32.1.